The summed E-state index contributed by atoms with van der Waals surface area (Å²) in [7, 11) is 0. The Bertz CT molecular complexity index is 750. The van der Waals surface area contributed by atoms with Crippen molar-refractivity contribution in [3.05, 3.63) is 51.4 Å². The van der Waals surface area contributed by atoms with Crippen LogP contribution in [0, 0.1) is 15.5 Å². The third-order valence-corrected chi connectivity index (χ3v) is 4.71. The molecule has 134 valence electrons. The molecule has 7 heteroatoms. The fourth-order valence-corrected chi connectivity index (χ4v) is 3.21. The summed E-state index contributed by atoms with van der Waals surface area (Å²) in [4.78, 5) is 24.5. The summed E-state index contributed by atoms with van der Waals surface area (Å²) < 4.78 is 0. The molecule has 25 heavy (non-hydrogen) atoms. The second-order valence-corrected chi connectivity index (χ2v) is 7.89. The molecule has 2 rings (SSSR count). The third-order valence-electron chi connectivity index (χ3n) is 3.60. The van der Waals surface area contributed by atoms with Gasteiger partial charge in [-0.1, -0.05) is 32.9 Å². The van der Waals surface area contributed by atoms with Gasteiger partial charge in [0.1, 0.15) is 0 Å². The van der Waals surface area contributed by atoms with Gasteiger partial charge in [0.25, 0.3) is 5.69 Å². The highest BCUT2D eigenvalue weighted by molar-refractivity contribution is 7.15. The van der Waals surface area contributed by atoms with E-state index in [4.69, 9.17) is 0 Å². The van der Waals surface area contributed by atoms with Crippen LogP contribution >= 0.6 is 11.3 Å². The first-order valence-electron chi connectivity index (χ1n) is 8.10. The maximum Gasteiger partial charge on any atom is 0.278 e. The molecule has 0 aliphatic rings. The quantitative estimate of drug-likeness (QED) is 0.448. The molecule has 2 aromatic rings. The lowest BCUT2D eigenvalue weighted by molar-refractivity contribution is -0.384. The molecule has 0 radical (unpaired) electrons. The molecular weight excluding hydrogens is 338 g/mol. The summed E-state index contributed by atoms with van der Waals surface area (Å²) >= 11 is 1.53. The predicted octanol–water partition coefficient (Wildman–Crippen LogP) is 3.58. The number of nitro groups is 1. The smallest absolute Gasteiger partial charge is 0.278 e. The molecule has 1 aromatic carbocycles. The Morgan fingerprint density at radius 1 is 1.16 bits per heavy atom. The van der Waals surface area contributed by atoms with Crippen LogP contribution in [0.25, 0.3) is 10.4 Å². The number of thiophene rings is 1. The number of amides is 1. The Kier molecular flexibility index (Phi) is 6.27. The van der Waals surface area contributed by atoms with E-state index in [1.54, 1.807) is 18.2 Å². The summed E-state index contributed by atoms with van der Waals surface area (Å²) in [5.41, 5.74) is 0.377. The Labute approximate surface area is 151 Å². The van der Waals surface area contributed by atoms with Crippen molar-refractivity contribution in [2.75, 3.05) is 13.1 Å². The predicted molar refractivity (Wildman–Crippen MR) is 101 cm³/mol. The first kappa shape index (κ1) is 19.1. The van der Waals surface area contributed by atoms with E-state index in [1.807, 2.05) is 32.9 Å². The van der Waals surface area contributed by atoms with Crippen LogP contribution in [0.5, 0.6) is 0 Å². The zero-order valence-corrected chi connectivity index (χ0v) is 15.5. The van der Waals surface area contributed by atoms with E-state index in [1.165, 1.54) is 17.4 Å². The molecule has 1 aromatic heterocycles. The molecule has 0 spiro atoms. The van der Waals surface area contributed by atoms with Crippen LogP contribution < -0.4 is 10.6 Å². The first-order chi connectivity index (χ1) is 11.8. The molecule has 0 atom stereocenters. The van der Waals surface area contributed by atoms with Crippen LogP contribution in [0.1, 0.15) is 25.6 Å². The Morgan fingerprint density at radius 3 is 2.56 bits per heavy atom. The average Bonchev–Trinajstić information content (AvgIpc) is 3.02. The van der Waals surface area contributed by atoms with Gasteiger partial charge in [-0.3, -0.25) is 14.9 Å². The minimum atomic E-state index is -0.382. The summed E-state index contributed by atoms with van der Waals surface area (Å²) in [6.07, 6.45) is 0. The number of nitro benzene ring substituents is 1. The lowest BCUT2D eigenvalue weighted by Crippen LogP contribution is -2.38. The third kappa shape index (κ3) is 5.37. The second kappa shape index (κ2) is 8.22. The van der Waals surface area contributed by atoms with E-state index >= 15 is 0 Å². The lowest BCUT2D eigenvalue weighted by Gasteiger charge is -2.17. The van der Waals surface area contributed by atoms with Gasteiger partial charge < -0.3 is 10.6 Å². The van der Waals surface area contributed by atoms with E-state index in [-0.39, 0.29) is 21.9 Å². The van der Waals surface area contributed by atoms with Crippen molar-refractivity contribution < 1.29 is 9.72 Å². The van der Waals surface area contributed by atoms with Crippen LogP contribution in [0.3, 0.4) is 0 Å². The van der Waals surface area contributed by atoms with Crippen LogP contribution in [0.2, 0.25) is 0 Å². The molecule has 0 bridgehead atoms. The number of carbonyl (C=O) groups excluding carboxylic acids is 1. The molecule has 0 aliphatic carbocycles. The highest BCUT2D eigenvalue weighted by Crippen LogP contribution is 2.34. The summed E-state index contributed by atoms with van der Waals surface area (Å²) in [5.74, 6) is 0.0316. The maximum absolute atomic E-state index is 11.8. The van der Waals surface area contributed by atoms with Crippen molar-refractivity contribution in [3.63, 3.8) is 0 Å². The van der Waals surface area contributed by atoms with Gasteiger partial charge >= 0.3 is 0 Å². The van der Waals surface area contributed by atoms with Crippen molar-refractivity contribution in [3.8, 4) is 10.4 Å². The number of carbonyl (C=O) groups is 1. The van der Waals surface area contributed by atoms with Gasteiger partial charge in [0.15, 0.2) is 0 Å². The van der Waals surface area contributed by atoms with Crippen molar-refractivity contribution in [1.29, 1.82) is 0 Å². The van der Waals surface area contributed by atoms with Crippen LogP contribution in [0.4, 0.5) is 5.69 Å². The van der Waals surface area contributed by atoms with E-state index in [0.29, 0.717) is 25.2 Å². The SMILES string of the molecule is CC(C)(C)C(=O)NCCNCc1ccc(-c2ccccc2[N+](=O)[O-])s1. The highest BCUT2D eigenvalue weighted by Gasteiger charge is 2.20. The molecular formula is C18H23N3O3S. The Balaban J connectivity index is 1.87. The van der Waals surface area contributed by atoms with Gasteiger partial charge in [0.05, 0.1) is 10.5 Å². The summed E-state index contributed by atoms with van der Waals surface area (Å²) in [6.45, 7) is 7.54. The molecule has 0 saturated carbocycles. The number of benzene rings is 1. The number of nitrogens with one attached hydrogen (secondary N) is 2. The Hall–Kier alpha value is -2.25. The largest absolute Gasteiger partial charge is 0.354 e. The van der Waals surface area contributed by atoms with E-state index in [0.717, 1.165) is 9.75 Å². The minimum Gasteiger partial charge on any atom is -0.354 e. The molecule has 2 N–H and O–H groups in total. The zero-order chi connectivity index (χ0) is 18.4. The number of rotatable bonds is 7. The minimum absolute atomic E-state index is 0.0316. The fourth-order valence-electron chi connectivity index (χ4n) is 2.20. The van der Waals surface area contributed by atoms with Crippen LogP contribution in [-0.2, 0) is 11.3 Å². The molecule has 0 saturated heterocycles. The average molecular weight is 361 g/mol. The topological polar surface area (TPSA) is 84.3 Å². The molecule has 1 heterocycles. The summed E-state index contributed by atoms with van der Waals surface area (Å²) in [6, 6.07) is 10.6. The lowest BCUT2D eigenvalue weighted by atomic mass is 9.96. The van der Waals surface area contributed by atoms with E-state index < -0.39 is 0 Å². The molecule has 0 fully saturated rings. The van der Waals surface area contributed by atoms with E-state index in [9.17, 15) is 14.9 Å². The van der Waals surface area contributed by atoms with Gasteiger partial charge in [-0.25, -0.2) is 0 Å². The zero-order valence-electron chi connectivity index (χ0n) is 14.7. The van der Waals surface area contributed by atoms with E-state index in [2.05, 4.69) is 10.6 Å². The molecule has 1 amide bonds. The number of hydrogen-bond donors (Lipinski definition) is 2. The fraction of sp³-hybridized carbons (Fsp3) is 0.389. The second-order valence-electron chi connectivity index (χ2n) is 6.72. The normalized spacial score (nSPS) is 11.3. The van der Waals surface area contributed by atoms with Crippen molar-refractivity contribution in [1.82, 2.24) is 10.6 Å². The standard InChI is InChI=1S/C18H23N3O3S/c1-18(2,3)17(22)20-11-10-19-12-13-8-9-16(25-13)14-6-4-5-7-15(14)21(23)24/h4-9,19H,10-12H2,1-3H3,(H,20,22). The molecule has 0 aliphatic heterocycles. The van der Waals surface area contributed by atoms with Gasteiger partial charge in [0, 0.05) is 40.9 Å². The molecule has 6 nitrogen and oxygen atoms in total. The highest BCUT2D eigenvalue weighted by atomic mass is 32.1. The number of hydrogen-bond acceptors (Lipinski definition) is 5. The first-order valence-corrected chi connectivity index (χ1v) is 8.92. The van der Waals surface area contributed by atoms with Crippen molar-refractivity contribution in [2.24, 2.45) is 5.41 Å². The van der Waals surface area contributed by atoms with Crippen molar-refractivity contribution >= 4 is 22.9 Å². The van der Waals surface area contributed by atoms with Gasteiger partial charge in [-0.15, -0.1) is 11.3 Å². The molecule has 0 unspecified atom stereocenters. The van der Waals surface area contributed by atoms with Crippen LogP contribution in [-0.4, -0.2) is 23.9 Å². The Morgan fingerprint density at radius 2 is 1.88 bits per heavy atom. The van der Waals surface area contributed by atoms with Gasteiger partial charge in [-0.2, -0.15) is 0 Å². The van der Waals surface area contributed by atoms with Gasteiger partial charge in [0.2, 0.25) is 5.91 Å². The van der Waals surface area contributed by atoms with Crippen LogP contribution in [0.15, 0.2) is 36.4 Å². The number of nitrogens with zero attached hydrogens (tertiary/aromatic N) is 1. The maximum atomic E-state index is 11.8. The number of para-hydroxylation sites is 1. The summed E-state index contributed by atoms with van der Waals surface area (Å²) in [5, 5.41) is 17.3. The van der Waals surface area contributed by atoms with Crippen molar-refractivity contribution in [2.45, 2.75) is 27.3 Å². The van der Waals surface area contributed by atoms with Gasteiger partial charge in [-0.05, 0) is 18.2 Å². The monoisotopic (exact) mass is 361 g/mol.